The molecule has 4 heteroatoms. The number of hydrogen-bond acceptors (Lipinski definition) is 4. The molecule has 1 saturated heterocycles. The number of esters is 1. The topological polar surface area (TPSA) is 41.6 Å². The fourth-order valence-electron chi connectivity index (χ4n) is 2.83. The first-order chi connectivity index (χ1) is 9.01. The molecule has 0 bridgehead atoms. The largest absolute Gasteiger partial charge is 0.465 e. The maximum absolute atomic E-state index is 12.0. The van der Waals surface area contributed by atoms with E-state index in [0.717, 1.165) is 31.8 Å². The van der Waals surface area contributed by atoms with Crippen LogP contribution in [0.1, 0.15) is 47.0 Å². The van der Waals surface area contributed by atoms with Gasteiger partial charge in [0.25, 0.3) is 0 Å². The summed E-state index contributed by atoms with van der Waals surface area (Å²) >= 11 is 0. The molecular formula is C15H30N2O2. The van der Waals surface area contributed by atoms with Crippen LogP contribution >= 0.6 is 0 Å². The highest BCUT2D eigenvalue weighted by atomic mass is 16.5. The molecule has 0 amide bonds. The van der Waals surface area contributed by atoms with E-state index in [-0.39, 0.29) is 5.97 Å². The van der Waals surface area contributed by atoms with Gasteiger partial charge in [0.15, 0.2) is 0 Å². The number of nitrogens with zero attached hydrogens (tertiary/aromatic N) is 1. The van der Waals surface area contributed by atoms with Crippen molar-refractivity contribution in [3.63, 3.8) is 0 Å². The van der Waals surface area contributed by atoms with Crippen LogP contribution in [0.5, 0.6) is 0 Å². The fraction of sp³-hybridized carbons (Fsp3) is 0.933. The zero-order valence-electron chi connectivity index (χ0n) is 13.0. The summed E-state index contributed by atoms with van der Waals surface area (Å²) in [5.74, 6) is 0.705. The summed E-state index contributed by atoms with van der Waals surface area (Å²) in [6.07, 6.45) is 3.18. The van der Waals surface area contributed by atoms with Crippen LogP contribution in [-0.4, -0.2) is 49.2 Å². The molecular weight excluding hydrogens is 240 g/mol. The highest BCUT2D eigenvalue weighted by Crippen LogP contribution is 2.19. The van der Waals surface area contributed by atoms with E-state index in [9.17, 15) is 4.79 Å². The lowest BCUT2D eigenvalue weighted by atomic mass is 9.95. The van der Waals surface area contributed by atoms with Crippen LogP contribution in [0.15, 0.2) is 0 Å². The van der Waals surface area contributed by atoms with Crippen LogP contribution in [-0.2, 0) is 9.53 Å². The Morgan fingerprint density at radius 2 is 2.21 bits per heavy atom. The van der Waals surface area contributed by atoms with Gasteiger partial charge in [-0.1, -0.05) is 13.8 Å². The Bertz CT molecular complexity index is 283. The fourth-order valence-corrected chi connectivity index (χ4v) is 2.83. The molecule has 1 rings (SSSR count). The number of nitrogens with one attached hydrogen (secondary N) is 1. The average molecular weight is 270 g/mol. The minimum absolute atomic E-state index is 0.119. The van der Waals surface area contributed by atoms with Crippen molar-refractivity contribution in [2.75, 3.05) is 32.8 Å². The van der Waals surface area contributed by atoms with Gasteiger partial charge in [-0.15, -0.1) is 0 Å². The molecule has 0 aliphatic carbocycles. The molecule has 1 fully saturated rings. The summed E-state index contributed by atoms with van der Waals surface area (Å²) < 4.78 is 5.18. The second-order valence-electron chi connectivity index (χ2n) is 5.88. The molecule has 4 nitrogen and oxygen atoms in total. The maximum atomic E-state index is 12.0. The number of rotatable bonds is 8. The smallest absolute Gasteiger partial charge is 0.326 e. The van der Waals surface area contributed by atoms with E-state index in [1.165, 1.54) is 19.5 Å². The molecule has 2 atom stereocenters. The molecule has 19 heavy (non-hydrogen) atoms. The third-order valence-corrected chi connectivity index (χ3v) is 3.95. The van der Waals surface area contributed by atoms with Crippen molar-refractivity contribution in [1.82, 2.24) is 10.2 Å². The second-order valence-corrected chi connectivity index (χ2v) is 5.88. The van der Waals surface area contributed by atoms with Gasteiger partial charge in [-0.3, -0.25) is 4.79 Å². The zero-order valence-corrected chi connectivity index (χ0v) is 13.0. The standard InChI is InChI=1S/C15H30N2O2/c1-5-16-15(4,14(18)19-6-2)9-7-10-17-11-8-13(3)12-17/h13,16H,5-12H2,1-4H3. The minimum atomic E-state index is -0.532. The Labute approximate surface area is 117 Å². The van der Waals surface area contributed by atoms with Crippen molar-refractivity contribution in [3.05, 3.63) is 0 Å². The summed E-state index contributed by atoms with van der Waals surface area (Å²) in [7, 11) is 0. The maximum Gasteiger partial charge on any atom is 0.326 e. The predicted octanol–water partition coefficient (Wildman–Crippen LogP) is 2.04. The molecule has 0 aromatic carbocycles. The highest BCUT2D eigenvalue weighted by Gasteiger charge is 2.33. The molecule has 112 valence electrons. The number of carbonyl (C=O) groups excluding carboxylic acids is 1. The van der Waals surface area contributed by atoms with E-state index in [2.05, 4.69) is 17.1 Å². The van der Waals surface area contributed by atoms with E-state index >= 15 is 0 Å². The van der Waals surface area contributed by atoms with Crippen LogP contribution in [0.4, 0.5) is 0 Å². The first-order valence-electron chi connectivity index (χ1n) is 7.66. The van der Waals surface area contributed by atoms with Crippen molar-refractivity contribution in [3.8, 4) is 0 Å². The quantitative estimate of drug-likeness (QED) is 0.685. The van der Waals surface area contributed by atoms with Gasteiger partial charge in [0.1, 0.15) is 5.54 Å². The van der Waals surface area contributed by atoms with Crippen molar-refractivity contribution in [1.29, 1.82) is 0 Å². The van der Waals surface area contributed by atoms with Crippen molar-refractivity contribution >= 4 is 5.97 Å². The van der Waals surface area contributed by atoms with E-state index in [4.69, 9.17) is 4.74 Å². The first kappa shape index (κ1) is 16.4. The van der Waals surface area contributed by atoms with Gasteiger partial charge in [0, 0.05) is 6.54 Å². The van der Waals surface area contributed by atoms with Crippen molar-refractivity contribution in [2.24, 2.45) is 5.92 Å². The lowest BCUT2D eigenvalue weighted by molar-refractivity contribution is -0.150. The summed E-state index contributed by atoms with van der Waals surface area (Å²) in [6, 6.07) is 0. The van der Waals surface area contributed by atoms with Gasteiger partial charge in [-0.25, -0.2) is 0 Å². The molecule has 1 N–H and O–H groups in total. The number of likely N-dealkylation sites (N-methyl/N-ethyl adjacent to an activating group) is 1. The lowest BCUT2D eigenvalue weighted by Gasteiger charge is -2.29. The summed E-state index contributed by atoms with van der Waals surface area (Å²) in [6.45, 7) is 12.9. The van der Waals surface area contributed by atoms with E-state index in [1.807, 2.05) is 20.8 Å². The van der Waals surface area contributed by atoms with Crippen LogP contribution in [0, 0.1) is 5.92 Å². The van der Waals surface area contributed by atoms with E-state index in [0.29, 0.717) is 6.61 Å². The molecule has 1 aliphatic rings. The molecule has 1 aliphatic heterocycles. The summed E-state index contributed by atoms with van der Waals surface area (Å²) in [5.41, 5.74) is -0.532. The molecule has 0 aromatic heterocycles. The molecule has 0 spiro atoms. The van der Waals surface area contributed by atoms with Gasteiger partial charge in [0.05, 0.1) is 6.61 Å². The summed E-state index contributed by atoms with van der Waals surface area (Å²) in [5, 5.41) is 3.28. The van der Waals surface area contributed by atoms with Crippen LogP contribution < -0.4 is 5.32 Å². The SMILES string of the molecule is CCNC(C)(CCCN1CCC(C)C1)C(=O)OCC. The average Bonchev–Trinajstić information content (AvgIpc) is 2.76. The highest BCUT2D eigenvalue weighted by molar-refractivity contribution is 5.80. The Morgan fingerprint density at radius 3 is 2.74 bits per heavy atom. The van der Waals surface area contributed by atoms with E-state index < -0.39 is 5.54 Å². The number of ether oxygens (including phenoxy) is 1. The Balaban J connectivity index is 2.38. The molecule has 0 radical (unpaired) electrons. The van der Waals surface area contributed by atoms with Gasteiger partial charge >= 0.3 is 5.97 Å². The zero-order chi connectivity index (χ0) is 14.3. The van der Waals surface area contributed by atoms with Gasteiger partial charge in [-0.2, -0.15) is 0 Å². The molecule has 0 saturated carbocycles. The molecule has 1 heterocycles. The van der Waals surface area contributed by atoms with Crippen molar-refractivity contribution in [2.45, 2.75) is 52.5 Å². The number of hydrogen-bond donors (Lipinski definition) is 1. The summed E-state index contributed by atoms with van der Waals surface area (Å²) in [4.78, 5) is 14.5. The van der Waals surface area contributed by atoms with Gasteiger partial charge in [-0.05, 0) is 58.7 Å². The van der Waals surface area contributed by atoms with Crippen LogP contribution in [0.25, 0.3) is 0 Å². The normalized spacial score (nSPS) is 23.3. The first-order valence-corrected chi connectivity index (χ1v) is 7.66. The van der Waals surface area contributed by atoms with Gasteiger partial charge in [0.2, 0.25) is 0 Å². The molecule has 2 unspecified atom stereocenters. The Hall–Kier alpha value is -0.610. The number of carbonyl (C=O) groups is 1. The third-order valence-electron chi connectivity index (χ3n) is 3.95. The lowest BCUT2D eigenvalue weighted by Crippen LogP contribution is -2.50. The Kier molecular flexibility index (Phi) is 6.80. The monoisotopic (exact) mass is 270 g/mol. The second kappa shape index (κ2) is 7.85. The Morgan fingerprint density at radius 1 is 1.47 bits per heavy atom. The minimum Gasteiger partial charge on any atom is -0.465 e. The van der Waals surface area contributed by atoms with E-state index in [1.54, 1.807) is 0 Å². The van der Waals surface area contributed by atoms with Crippen LogP contribution in [0.3, 0.4) is 0 Å². The van der Waals surface area contributed by atoms with Crippen LogP contribution in [0.2, 0.25) is 0 Å². The molecule has 0 aromatic rings. The van der Waals surface area contributed by atoms with Crippen molar-refractivity contribution < 1.29 is 9.53 Å². The van der Waals surface area contributed by atoms with Gasteiger partial charge < -0.3 is 15.0 Å². The third kappa shape index (κ3) is 5.11. The predicted molar refractivity (Wildman–Crippen MR) is 78.2 cm³/mol. The number of likely N-dealkylation sites (tertiary alicyclic amines) is 1.